The lowest BCUT2D eigenvalue weighted by Crippen LogP contribution is -2.24. The second-order valence-corrected chi connectivity index (χ2v) is 5.38. The summed E-state index contributed by atoms with van der Waals surface area (Å²) in [6.45, 7) is 4.16. The zero-order chi connectivity index (χ0) is 11.1. The van der Waals surface area contributed by atoms with Gasteiger partial charge in [-0.15, -0.1) is 11.3 Å². The Morgan fingerprint density at radius 2 is 2.40 bits per heavy atom. The number of nitrogens with one attached hydrogen (secondary N) is 1. The minimum Gasteiger partial charge on any atom is -0.352 e. The summed E-state index contributed by atoms with van der Waals surface area (Å²) < 4.78 is 0.800. The Hall–Kier alpha value is -0.610. The van der Waals surface area contributed by atoms with E-state index in [9.17, 15) is 4.79 Å². The number of aryl methyl sites for hydroxylation is 1. The molecule has 1 aromatic rings. The van der Waals surface area contributed by atoms with Crippen molar-refractivity contribution in [1.29, 1.82) is 0 Å². The maximum Gasteiger partial charge on any atom is 0.220 e. The highest BCUT2D eigenvalue weighted by atomic mass is 79.9. The summed E-state index contributed by atoms with van der Waals surface area (Å²) in [6, 6.07) is 4.14. The van der Waals surface area contributed by atoms with E-state index in [4.69, 9.17) is 0 Å². The molecule has 0 bridgehead atoms. The number of rotatable bonds is 6. The van der Waals surface area contributed by atoms with Crippen LogP contribution in [0.15, 0.2) is 28.6 Å². The second-order valence-electron chi connectivity index (χ2n) is 3.23. The molecule has 0 atom stereocenters. The minimum atomic E-state index is 0.0900. The molecule has 1 amide bonds. The fourth-order valence-corrected chi connectivity index (χ4v) is 2.05. The zero-order valence-electron chi connectivity index (χ0n) is 8.46. The van der Waals surface area contributed by atoms with Gasteiger partial charge in [-0.3, -0.25) is 4.79 Å². The molecular formula is C11H14BrNOS. The van der Waals surface area contributed by atoms with Crippen LogP contribution in [0.4, 0.5) is 0 Å². The quantitative estimate of drug-likeness (QED) is 0.856. The summed E-state index contributed by atoms with van der Waals surface area (Å²) in [6.07, 6.45) is 2.47. The molecule has 4 heteroatoms. The summed E-state index contributed by atoms with van der Waals surface area (Å²) in [5, 5.41) is 4.84. The fourth-order valence-electron chi connectivity index (χ4n) is 1.16. The number of amides is 1. The lowest BCUT2D eigenvalue weighted by atomic mass is 10.2. The summed E-state index contributed by atoms with van der Waals surface area (Å²) >= 11 is 4.93. The van der Waals surface area contributed by atoms with Crippen LogP contribution in [-0.2, 0) is 11.2 Å². The molecule has 2 nitrogen and oxygen atoms in total. The van der Waals surface area contributed by atoms with Crippen molar-refractivity contribution in [3.05, 3.63) is 33.5 Å². The first-order chi connectivity index (χ1) is 7.18. The van der Waals surface area contributed by atoms with Crippen molar-refractivity contribution in [2.75, 3.05) is 6.54 Å². The van der Waals surface area contributed by atoms with Crippen molar-refractivity contribution in [1.82, 2.24) is 5.32 Å². The van der Waals surface area contributed by atoms with E-state index in [0.29, 0.717) is 13.0 Å². The van der Waals surface area contributed by atoms with Crippen molar-refractivity contribution >= 4 is 33.2 Å². The van der Waals surface area contributed by atoms with Gasteiger partial charge in [-0.2, -0.15) is 0 Å². The summed E-state index contributed by atoms with van der Waals surface area (Å²) in [7, 11) is 0. The average molecular weight is 288 g/mol. The summed E-state index contributed by atoms with van der Waals surface area (Å²) in [5.74, 6) is 0.0900. The molecule has 15 heavy (non-hydrogen) atoms. The topological polar surface area (TPSA) is 29.1 Å². The predicted molar refractivity (Wildman–Crippen MR) is 68.3 cm³/mol. The summed E-state index contributed by atoms with van der Waals surface area (Å²) in [4.78, 5) is 12.6. The van der Waals surface area contributed by atoms with Crippen LogP contribution in [0.2, 0.25) is 0 Å². The van der Waals surface area contributed by atoms with Gasteiger partial charge in [0.05, 0.1) is 0 Å². The van der Waals surface area contributed by atoms with Gasteiger partial charge in [-0.1, -0.05) is 28.6 Å². The predicted octanol–water partition coefficient (Wildman–Crippen LogP) is 3.10. The third-order valence-electron chi connectivity index (χ3n) is 1.88. The van der Waals surface area contributed by atoms with Gasteiger partial charge < -0.3 is 5.32 Å². The van der Waals surface area contributed by atoms with Crippen LogP contribution in [0, 0.1) is 0 Å². The molecule has 0 radical (unpaired) electrons. The molecule has 0 saturated carbocycles. The van der Waals surface area contributed by atoms with E-state index in [2.05, 4.69) is 39.3 Å². The van der Waals surface area contributed by atoms with Gasteiger partial charge >= 0.3 is 0 Å². The average Bonchev–Trinajstić information content (AvgIpc) is 2.67. The van der Waals surface area contributed by atoms with E-state index in [-0.39, 0.29) is 5.91 Å². The number of thiophene rings is 1. The maximum atomic E-state index is 11.3. The molecule has 1 rings (SSSR count). The van der Waals surface area contributed by atoms with Gasteiger partial charge in [-0.05, 0) is 24.3 Å². The first kappa shape index (κ1) is 12.5. The second kappa shape index (κ2) is 6.80. The Balaban J connectivity index is 2.09. The number of carbonyl (C=O) groups excluding carboxylic acids is 1. The van der Waals surface area contributed by atoms with Crippen LogP contribution in [0.5, 0.6) is 0 Å². The smallest absolute Gasteiger partial charge is 0.220 e. The van der Waals surface area contributed by atoms with Gasteiger partial charge in [0, 0.05) is 22.3 Å². The third-order valence-corrected chi connectivity index (χ3v) is 3.10. The van der Waals surface area contributed by atoms with Crippen molar-refractivity contribution in [2.24, 2.45) is 0 Å². The Bertz CT molecular complexity index is 321. The van der Waals surface area contributed by atoms with Crippen molar-refractivity contribution in [2.45, 2.75) is 19.3 Å². The fraction of sp³-hybridized carbons (Fsp3) is 0.364. The van der Waals surface area contributed by atoms with Crippen LogP contribution < -0.4 is 5.32 Å². The molecule has 0 aromatic carbocycles. The lowest BCUT2D eigenvalue weighted by molar-refractivity contribution is -0.120. The van der Waals surface area contributed by atoms with Crippen molar-refractivity contribution in [3.8, 4) is 0 Å². The Kier molecular flexibility index (Phi) is 5.65. The van der Waals surface area contributed by atoms with E-state index in [0.717, 1.165) is 17.3 Å². The number of halogens is 1. The highest BCUT2D eigenvalue weighted by Gasteiger charge is 2.01. The molecule has 1 aromatic heterocycles. The standard InChI is InChI=1S/C11H14BrNOS/c1-9(12)8-13-11(14)6-2-4-10-5-3-7-15-10/h3,5,7H,1-2,4,6,8H2,(H,13,14). The van der Waals surface area contributed by atoms with E-state index in [1.165, 1.54) is 4.88 Å². The van der Waals surface area contributed by atoms with E-state index in [1.54, 1.807) is 11.3 Å². The van der Waals surface area contributed by atoms with E-state index in [1.807, 2.05) is 6.07 Å². The Morgan fingerprint density at radius 1 is 1.60 bits per heavy atom. The molecule has 0 fully saturated rings. The summed E-state index contributed by atoms with van der Waals surface area (Å²) in [5.41, 5.74) is 0. The van der Waals surface area contributed by atoms with E-state index < -0.39 is 0 Å². The molecule has 82 valence electrons. The van der Waals surface area contributed by atoms with Gasteiger partial charge in [0.25, 0.3) is 0 Å². The van der Waals surface area contributed by atoms with E-state index >= 15 is 0 Å². The molecule has 1 N–H and O–H groups in total. The molecule has 0 saturated heterocycles. The van der Waals surface area contributed by atoms with Crippen molar-refractivity contribution in [3.63, 3.8) is 0 Å². The van der Waals surface area contributed by atoms with Crippen LogP contribution in [0.1, 0.15) is 17.7 Å². The molecule has 0 unspecified atom stereocenters. The first-order valence-corrected chi connectivity index (χ1v) is 6.48. The third kappa shape index (κ3) is 5.74. The van der Waals surface area contributed by atoms with Crippen LogP contribution in [-0.4, -0.2) is 12.5 Å². The zero-order valence-corrected chi connectivity index (χ0v) is 10.9. The van der Waals surface area contributed by atoms with Crippen LogP contribution >= 0.6 is 27.3 Å². The SMILES string of the molecule is C=C(Br)CNC(=O)CCCc1cccs1. The largest absolute Gasteiger partial charge is 0.352 e. The van der Waals surface area contributed by atoms with Crippen LogP contribution in [0.3, 0.4) is 0 Å². The molecular weight excluding hydrogens is 274 g/mol. The molecule has 0 spiro atoms. The molecule has 0 aliphatic carbocycles. The normalized spacial score (nSPS) is 9.93. The van der Waals surface area contributed by atoms with Gasteiger partial charge in [0.1, 0.15) is 0 Å². The number of carbonyl (C=O) groups is 1. The van der Waals surface area contributed by atoms with Crippen LogP contribution in [0.25, 0.3) is 0 Å². The number of hydrogen-bond acceptors (Lipinski definition) is 2. The number of hydrogen-bond donors (Lipinski definition) is 1. The highest BCUT2D eigenvalue weighted by molar-refractivity contribution is 9.11. The van der Waals surface area contributed by atoms with Gasteiger partial charge in [-0.25, -0.2) is 0 Å². The maximum absolute atomic E-state index is 11.3. The first-order valence-electron chi connectivity index (χ1n) is 4.81. The Labute approximate surface area is 103 Å². The van der Waals surface area contributed by atoms with Crippen molar-refractivity contribution < 1.29 is 4.79 Å². The highest BCUT2D eigenvalue weighted by Crippen LogP contribution is 2.11. The molecule has 1 heterocycles. The van der Waals surface area contributed by atoms with Gasteiger partial charge in [0.2, 0.25) is 5.91 Å². The van der Waals surface area contributed by atoms with Gasteiger partial charge in [0.15, 0.2) is 0 Å². The molecule has 0 aliphatic rings. The minimum absolute atomic E-state index is 0.0900. The Morgan fingerprint density at radius 3 is 3.00 bits per heavy atom. The lowest BCUT2D eigenvalue weighted by Gasteiger charge is -2.02. The molecule has 0 aliphatic heterocycles. The monoisotopic (exact) mass is 287 g/mol.